The van der Waals surface area contributed by atoms with Gasteiger partial charge < -0.3 is 10.1 Å². The van der Waals surface area contributed by atoms with Gasteiger partial charge in [-0.2, -0.15) is 0 Å². The normalized spacial score (nSPS) is 10.9. The highest BCUT2D eigenvalue weighted by Crippen LogP contribution is 2.22. The summed E-state index contributed by atoms with van der Waals surface area (Å²) in [6.07, 6.45) is 0. The third-order valence-corrected chi connectivity index (χ3v) is 2.25. The first-order chi connectivity index (χ1) is 8.34. The van der Waals surface area contributed by atoms with Crippen molar-refractivity contribution < 1.29 is 22.7 Å². The Labute approximate surface area is 95.1 Å². The van der Waals surface area contributed by atoms with Crippen LogP contribution in [-0.2, 0) is 0 Å². The number of hydrogen-bond acceptors (Lipinski definition) is 3. The van der Waals surface area contributed by atoms with E-state index in [0.717, 1.165) is 0 Å². The van der Waals surface area contributed by atoms with E-state index in [1.807, 2.05) is 0 Å². The van der Waals surface area contributed by atoms with Gasteiger partial charge in [0.25, 0.3) is 5.56 Å². The van der Waals surface area contributed by atoms with Crippen molar-refractivity contribution >= 4 is 10.9 Å². The summed E-state index contributed by atoms with van der Waals surface area (Å²) in [6.45, 7) is 0. The number of nitrogens with one attached hydrogen (secondary N) is 1. The molecule has 1 heterocycles. The van der Waals surface area contributed by atoms with Gasteiger partial charge in [0, 0.05) is 6.07 Å². The number of H-pyrrole nitrogens is 1. The van der Waals surface area contributed by atoms with Crippen LogP contribution in [-0.4, -0.2) is 10.1 Å². The van der Waals surface area contributed by atoms with E-state index in [2.05, 4.69) is 0 Å². The number of aromatic amines is 1. The molecule has 0 atom stereocenters. The zero-order valence-electron chi connectivity index (χ0n) is 8.35. The summed E-state index contributed by atoms with van der Waals surface area (Å²) < 4.78 is 52.5. The maximum Gasteiger partial charge on any atom is 0.290 e. The zero-order chi connectivity index (χ0) is 13.6. The van der Waals surface area contributed by atoms with E-state index < -0.39 is 50.9 Å². The fourth-order valence-electron chi connectivity index (χ4n) is 1.42. The summed E-state index contributed by atoms with van der Waals surface area (Å²) >= 11 is 0. The van der Waals surface area contributed by atoms with Gasteiger partial charge in [-0.15, -0.1) is 0 Å². The standard InChI is InChI=1S/C10H3F4NO3/c11-5-4-2(16)1-3(17)10(18)15-9(4)8(14)7(13)6(5)12/h1,17H,(H,15,18). The second-order valence-electron chi connectivity index (χ2n) is 3.35. The molecule has 0 amide bonds. The second-order valence-corrected chi connectivity index (χ2v) is 3.35. The van der Waals surface area contributed by atoms with E-state index in [9.17, 15) is 27.2 Å². The minimum atomic E-state index is -2.18. The van der Waals surface area contributed by atoms with Crippen molar-refractivity contribution in [2.45, 2.75) is 0 Å². The van der Waals surface area contributed by atoms with Gasteiger partial charge in [-0.05, 0) is 0 Å². The van der Waals surface area contributed by atoms with Crippen LogP contribution in [0, 0.1) is 23.3 Å². The number of hydrogen-bond donors (Lipinski definition) is 2. The van der Waals surface area contributed by atoms with Crippen LogP contribution in [0.25, 0.3) is 10.9 Å². The molecule has 18 heavy (non-hydrogen) atoms. The Morgan fingerprint density at radius 3 is 2.11 bits per heavy atom. The summed E-state index contributed by atoms with van der Waals surface area (Å²) in [4.78, 5) is 24.0. The van der Waals surface area contributed by atoms with Gasteiger partial charge in [0.05, 0.1) is 10.9 Å². The molecule has 1 aromatic carbocycles. The van der Waals surface area contributed by atoms with Gasteiger partial charge in [0.2, 0.25) is 0 Å². The lowest BCUT2D eigenvalue weighted by atomic mass is 10.2. The fourth-order valence-corrected chi connectivity index (χ4v) is 1.42. The summed E-state index contributed by atoms with van der Waals surface area (Å²) in [5.74, 6) is -9.34. The van der Waals surface area contributed by atoms with Crippen molar-refractivity contribution in [3.8, 4) is 5.75 Å². The highest BCUT2D eigenvalue weighted by Gasteiger charge is 2.22. The monoisotopic (exact) mass is 261 g/mol. The van der Waals surface area contributed by atoms with Crippen molar-refractivity contribution in [2.75, 3.05) is 0 Å². The molecule has 2 N–H and O–H groups in total. The van der Waals surface area contributed by atoms with Crippen LogP contribution in [0.3, 0.4) is 0 Å². The smallest absolute Gasteiger partial charge is 0.290 e. The molecule has 0 bridgehead atoms. The molecule has 4 nitrogen and oxygen atoms in total. The molecule has 0 aliphatic heterocycles. The van der Waals surface area contributed by atoms with Gasteiger partial charge in [0.1, 0.15) is 0 Å². The van der Waals surface area contributed by atoms with Crippen molar-refractivity contribution in [3.05, 3.63) is 49.9 Å². The molecule has 0 aliphatic carbocycles. The fraction of sp³-hybridized carbons (Fsp3) is 0. The highest BCUT2D eigenvalue weighted by atomic mass is 19.2. The summed E-state index contributed by atoms with van der Waals surface area (Å²) in [5, 5.41) is 7.83. The third-order valence-electron chi connectivity index (χ3n) is 2.25. The van der Waals surface area contributed by atoms with E-state index in [4.69, 9.17) is 5.11 Å². The van der Waals surface area contributed by atoms with Gasteiger partial charge >= 0.3 is 0 Å². The lowest BCUT2D eigenvalue weighted by Crippen LogP contribution is -2.06. The predicted molar refractivity (Wildman–Crippen MR) is 52.3 cm³/mol. The molecular weight excluding hydrogens is 258 g/mol. The molecule has 0 fully saturated rings. The largest absolute Gasteiger partial charge is 0.503 e. The third kappa shape index (κ3) is 1.53. The maximum absolute atomic E-state index is 13.3. The van der Waals surface area contributed by atoms with E-state index in [1.165, 1.54) is 0 Å². The average molecular weight is 261 g/mol. The summed E-state index contributed by atoms with van der Waals surface area (Å²) in [7, 11) is 0. The number of halogens is 4. The maximum atomic E-state index is 13.3. The number of benzene rings is 1. The summed E-state index contributed by atoms with van der Waals surface area (Å²) in [5.41, 5.74) is -3.86. The molecule has 2 rings (SSSR count). The average Bonchev–Trinajstić information content (AvgIpc) is 2.42. The highest BCUT2D eigenvalue weighted by molar-refractivity contribution is 5.79. The molecule has 0 saturated carbocycles. The Morgan fingerprint density at radius 2 is 1.50 bits per heavy atom. The number of fused-ring (bicyclic) bond motifs is 1. The molecule has 8 heteroatoms. The molecule has 94 valence electrons. The molecule has 0 radical (unpaired) electrons. The Morgan fingerprint density at radius 1 is 0.944 bits per heavy atom. The van der Waals surface area contributed by atoms with Crippen LogP contribution >= 0.6 is 0 Å². The molecular formula is C10H3F4NO3. The Bertz CT molecular complexity index is 785. The topological polar surface area (TPSA) is 70.2 Å². The molecule has 2 aromatic rings. The number of aromatic nitrogens is 1. The van der Waals surface area contributed by atoms with Crippen LogP contribution < -0.4 is 11.0 Å². The van der Waals surface area contributed by atoms with E-state index in [0.29, 0.717) is 0 Å². The second kappa shape index (κ2) is 3.83. The molecule has 1 aromatic heterocycles. The Kier molecular flexibility index (Phi) is 2.57. The van der Waals surface area contributed by atoms with Gasteiger partial charge in [0.15, 0.2) is 34.4 Å². The van der Waals surface area contributed by atoms with Crippen molar-refractivity contribution in [2.24, 2.45) is 0 Å². The van der Waals surface area contributed by atoms with Crippen LogP contribution in [0.15, 0.2) is 15.7 Å². The van der Waals surface area contributed by atoms with Crippen LogP contribution in [0.4, 0.5) is 17.6 Å². The number of rotatable bonds is 0. The van der Waals surface area contributed by atoms with E-state index >= 15 is 0 Å². The first-order valence-electron chi connectivity index (χ1n) is 4.47. The zero-order valence-corrected chi connectivity index (χ0v) is 8.35. The Hall–Kier alpha value is -2.38. The van der Waals surface area contributed by atoms with E-state index in [-0.39, 0.29) is 6.07 Å². The van der Waals surface area contributed by atoms with Gasteiger partial charge in [-0.1, -0.05) is 0 Å². The van der Waals surface area contributed by atoms with Crippen LogP contribution in [0.2, 0.25) is 0 Å². The van der Waals surface area contributed by atoms with Crippen LogP contribution in [0.5, 0.6) is 5.75 Å². The lowest BCUT2D eigenvalue weighted by Gasteiger charge is -2.00. The SMILES string of the molecule is O=c1[nH]c2c(F)c(F)c(F)c(F)c2c(=O)cc1O. The molecule has 0 saturated heterocycles. The van der Waals surface area contributed by atoms with Gasteiger partial charge in [-0.3, -0.25) is 9.59 Å². The van der Waals surface area contributed by atoms with Gasteiger partial charge in [-0.25, -0.2) is 17.6 Å². The first-order valence-corrected chi connectivity index (χ1v) is 4.47. The first kappa shape index (κ1) is 12.1. The van der Waals surface area contributed by atoms with Crippen molar-refractivity contribution in [1.29, 1.82) is 0 Å². The minimum absolute atomic E-state index is 0.279. The minimum Gasteiger partial charge on any atom is -0.503 e. The van der Waals surface area contributed by atoms with E-state index in [1.54, 1.807) is 4.98 Å². The lowest BCUT2D eigenvalue weighted by molar-refractivity contribution is 0.417. The van der Waals surface area contributed by atoms with Crippen molar-refractivity contribution in [1.82, 2.24) is 4.98 Å². The van der Waals surface area contributed by atoms with Crippen molar-refractivity contribution in [3.63, 3.8) is 0 Å². The molecule has 0 unspecified atom stereocenters. The summed E-state index contributed by atoms with van der Waals surface area (Å²) in [6, 6.07) is 0.279. The predicted octanol–water partition coefficient (Wildman–Crippen LogP) is 1.15. The Balaban J connectivity index is 3.28. The number of aromatic hydroxyl groups is 1. The quantitative estimate of drug-likeness (QED) is 0.424. The molecule has 0 spiro atoms. The van der Waals surface area contributed by atoms with Crippen LogP contribution in [0.1, 0.15) is 0 Å². The molecule has 0 aliphatic rings.